The van der Waals surface area contributed by atoms with Gasteiger partial charge in [-0.1, -0.05) is 11.2 Å². The van der Waals surface area contributed by atoms with Gasteiger partial charge in [-0.3, -0.25) is 0 Å². The first-order chi connectivity index (χ1) is 10.2. The molecule has 0 fully saturated rings. The summed E-state index contributed by atoms with van der Waals surface area (Å²) in [5, 5.41) is 9.84. The summed E-state index contributed by atoms with van der Waals surface area (Å²) in [4.78, 5) is 12.4. The number of pyridine rings is 1. The average Bonchev–Trinajstić information content (AvgIpc) is 2.90. The molecule has 4 N–H and O–H groups in total. The maximum absolute atomic E-state index is 6.05. The van der Waals surface area contributed by atoms with Gasteiger partial charge in [-0.05, 0) is 19.1 Å². The van der Waals surface area contributed by atoms with Gasteiger partial charge < -0.3 is 20.9 Å². The van der Waals surface area contributed by atoms with Crippen LogP contribution in [0.25, 0.3) is 0 Å². The van der Waals surface area contributed by atoms with Crippen LogP contribution in [0, 0.1) is 6.92 Å². The van der Waals surface area contributed by atoms with E-state index in [4.69, 9.17) is 10.3 Å². The van der Waals surface area contributed by atoms with Gasteiger partial charge in [0.05, 0.1) is 0 Å². The molecule has 0 saturated heterocycles. The summed E-state index contributed by atoms with van der Waals surface area (Å²) < 4.78 is 4.98. The Hall–Kier alpha value is -3.16. The summed E-state index contributed by atoms with van der Waals surface area (Å²) >= 11 is 0. The van der Waals surface area contributed by atoms with Gasteiger partial charge in [0, 0.05) is 12.3 Å². The molecule has 8 nitrogen and oxygen atoms in total. The van der Waals surface area contributed by atoms with E-state index in [9.17, 15) is 0 Å². The lowest BCUT2D eigenvalue weighted by Crippen LogP contribution is -2.05. The number of anilines is 5. The van der Waals surface area contributed by atoms with Crippen LogP contribution in [0.2, 0.25) is 0 Å². The van der Waals surface area contributed by atoms with Crippen molar-refractivity contribution in [1.29, 1.82) is 0 Å². The number of hydrogen-bond donors (Lipinski definition) is 3. The van der Waals surface area contributed by atoms with Gasteiger partial charge in [0.2, 0.25) is 0 Å². The van der Waals surface area contributed by atoms with Crippen molar-refractivity contribution in [3.63, 3.8) is 0 Å². The molecule has 0 saturated carbocycles. The van der Waals surface area contributed by atoms with E-state index in [0.717, 1.165) is 0 Å². The average molecular weight is 283 g/mol. The Kier molecular flexibility index (Phi) is 3.34. The molecule has 8 heteroatoms. The van der Waals surface area contributed by atoms with E-state index >= 15 is 0 Å². The van der Waals surface area contributed by atoms with Gasteiger partial charge >= 0.3 is 0 Å². The Labute approximate surface area is 120 Å². The normalized spacial score (nSPS) is 10.3. The van der Waals surface area contributed by atoms with E-state index in [1.54, 1.807) is 19.2 Å². The van der Waals surface area contributed by atoms with Crippen LogP contribution in [0.4, 0.5) is 29.0 Å². The third kappa shape index (κ3) is 2.89. The molecule has 0 aliphatic rings. The second-order valence-electron chi connectivity index (χ2n) is 4.27. The zero-order valence-corrected chi connectivity index (χ0v) is 11.2. The fourth-order valence-electron chi connectivity index (χ4n) is 1.70. The molecule has 0 unspecified atom stereocenters. The number of hydrogen-bond acceptors (Lipinski definition) is 8. The Morgan fingerprint density at radius 1 is 1.05 bits per heavy atom. The molecule has 3 heterocycles. The van der Waals surface area contributed by atoms with E-state index in [2.05, 4.69) is 30.7 Å². The van der Waals surface area contributed by atoms with Crippen molar-refractivity contribution >= 4 is 29.0 Å². The first-order valence-electron chi connectivity index (χ1n) is 6.21. The Bertz CT molecular complexity index is 741. The monoisotopic (exact) mass is 283 g/mol. The fourth-order valence-corrected chi connectivity index (χ4v) is 1.70. The van der Waals surface area contributed by atoms with Crippen molar-refractivity contribution in [2.75, 3.05) is 16.4 Å². The summed E-state index contributed by atoms with van der Waals surface area (Å²) in [7, 11) is 0. The van der Waals surface area contributed by atoms with E-state index in [1.807, 2.05) is 18.2 Å². The topological polar surface area (TPSA) is 115 Å². The van der Waals surface area contributed by atoms with Crippen molar-refractivity contribution in [2.24, 2.45) is 0 Å². The van der Waals surface area contributed by atoms with Crippen molar-refractivity contribution in [2.45, 2.75) is 6.92 Å². The van der Waals surface area contributed by atoms with Crippen LogP contribution in [-0.4, -0.2) is 20.1 Å². The van der Waals surface area contributed by atoms with Crippen LogP contribution in [0.1, 0.15) is 5.76 Å². The Morgan fingerprint density at radius 2 is 1.81 bits per heavy atom. The molecule has 0 aliphatic carbocycles. The number of nitrogens with two attached hydrogens (primary N) is 1. The van der Waals surface area contributed by atoms with Crippen LogP contribution >= 0.6 is 0 Å². The fraction of sp³-hybridized carbons (Fsp3) is 0.0769. The molecule has 0 radical (unpaired) electrons. The molecule has 3 aromatic rings. The molecule has 0 bridgehead atoms. The molecule has 3 aromatic heterocycles. The van der Waals surface area contributed by atoms with Crippen LogP contribution < -0.4 is 16.4 Å². The van der Waals surface area contributed by atoms with E-state index in [0.29, 0.717) is 34.7 Å². The highest BCUT2D eigenvalue weighted by Crippen LogP contribution is 2.27. The minimum atomic E-state index is 0.365. The summed E-state index contributed by atoms with van der Waals surface area (Å²) in [5.41, 5.74) is 6.41. The van der Waals surface area contributed by atoms with Crippen molar-refractivity contribution in [3.05, 3.63) is 42.5 Å². The second-order valence-corrected chi connectivity index (χ2v) is 4.27. The van der Waals surface area contributed by atoms with Crippen LogP contribution in [0.3, 0.4) is 0 Å². The Morgan fingerprint density at radius 3 is 2.43 bits per heavy atom. The lowest BCUT2D eigenvalue weighted by molar-refractivity contribution is 0.400. The van der Waals surface area contributed by atoms with E-state index in [1.165, 1.54) is 6.33 Å². The molecule has 3 rings (SSSR count). The van der Waals surface area contributed by atoms with Gasteiger partial charge in [0.15, 0.2) is 17.5 Å². The quantitative estimate of drug-likeness (QED) is 0.667. The molecular weight excluding hydrogens is 270 g/mol. The minimum Gasteiger partial charge on any atom is -0.393 e. The predicted octanol–water partition coefficient (Wildman–Crippen LogP) is 2.24. The number of nitrogens with one attached hydrogen (secondary N) is 2. The van der Waals surface area contributed by atoms with E-state index < -0.39 is 0 Å². The van der Waals surface area contributed by atoms with Gasteiger partial charge in [-0.15, -0.1) is 0 Å². The highest BCUT2D eigenvalue weighted by atomic mass is 16.5. The summed E-state index contributed by atoms with van der Waals surface area (Å²) in [6.45, 7) is 1.80. The molecule has 0 aromatic carbocycles. The summed E-state index contributed by atoms with van der Waals surface area (Å²) in [6, 6.07) is 7.25. The van der Waals surface area contributed by atoms with Crippen molar-refractivity contribution in [3.8, 4) is 0 Å². The first kappa shape index (κ1) is 12.9. The zero-order valence-electron chi connectivity index (χ0n) is 11.2. The number of aryl methyl sites for hydroxylation is 1. The third-order valence-electron chi connectivity index (χ3n) is 2.67. The molecule has 0 spiro atoms. The molecular formula is C13H13N7O. The molecule has 106 valence electrons. The predicted molar refractivity (Wildman–Crippen MR) is 78.5 cm³/mol. The van der Waals surface area contributed by atoms with Gasteiger partial charge in [-0.25, -0.2) is 15.0 Å². The smallest absolute Gasteiger partial charge is 0.175 e. The lowest BCUT2D eigenvalue weighted by Gasteiger charge is -2.10. The summed E-state index contributed by atoms with van der Waals surface area (Å²) in [5.74, 6) is 2.77. The number of aromatic nitrogens is 4. The highest BCUT2D eigenvalue weighted by Gasteiger charge is 2.10. The Balaban J connectivity index is 1.85. The van der Waals surface area contributed by atoms with Crippen LogP contribution in [0.15, 0.2) is 41.3 Å². The lowest BCUT2D eigenvalue weighted by atomic mass is 10.4. The number of rotatable bonds is 4. The number of nitrogen functional groups attached to an aromatic ring is 1. The van der Waals surface area contributed by atoms with Gasteiger partial charge in [-0.2, -0.15) is 0 Å². The number of nitrogens with zero attached hydrogens (tertiary/aromatic N) is 4. The highest BCUT2D eigenvalue weighted by molar-refractivity contribution is 5.78. The van der Waals surface area contributed by atoms with Crippen molar-refractivity contribution in [1.82, 2.24) is 20.1 Å². The minimum absolute atomic E-state index is 0.365. The van der Waals surface area contributed by atoms with Crippen LogP contribution in [-0.2, 0) is 0 Å². The molecule has 0 atom stereocenters. The zero-order chi connectivity index (χ0) is 14.7. The molecule has 0 amide bonds. The maximum atomic E-state index is 6.05. The SMILES string of the molecule is Cc1cc(Nc2ncnc(Nc3ccccn3)c2N)no1. The molecule has 21 heavy (non-hydrogen) atoms. The van der Waals surface area contributed by atoms with Crippen molar-refractivity contribution < 1.29 is 4.52 Å². The molecule has 0 aliphatic heterocycles. The standard InChI is InChI=1S/C13H13N7O/c1-8-6-10(20-21-8)19-13-11(14)12(16-7-17-13)18-9-4-2-3-5-15-9/h2-7H,14H2,1H3,(H2,15,16,17,18,19,20). The largest absolute Gasteiger partial charge is 0.393 e. The van der Waals surface area contributed by atoms with Crippen LogP contribution in [0.5, 0.6) is 0 Å². The summed E-state index contributed by atoms with van der Waals surface area (Å²) in [6.07, 6.45) is 3.08. The second kappa shape index (κ2) is 5.45. The van der Waals surface area contributed by atoms with Gasteiger partial charge in [0.25, 0.3) is 0 Å². The first-order valence-corrected chi connectivity index (χ1v) is 6.21. The maximum Gasteiger partial charge on any atom is 0.175 e. The van der Waals surface area contributed by atoms with Gasteiger partial charge in [0.1, 0.15) is 23.6 Å². The van der Waals surface area contributed by atoms with E-state index in [-0.39, 0.29) is 0 Å². The third-order valence-corrected chi connectivity index (χ3v) is 2.67.